The molecule has 0 bridgehead atoms. The van der Waals surface area contributed by atoms with E-state index in [1.54, 1.807) is 24.3 Å². The molecule has 1 aliphatic rings. The Balaban J connectivity index is 1.88. The molecule has 5 nitrogen and oxygen atoms in total. The second-order valence-electron chi connectivity index (χ2n) is 4.98. The maximum absolute atomic E-state index is 12.3. The van der Waals surface area contributed by atoms with Crippen LogP contribution in [0.2, 0.25) is 15.1 Å². The molecule has 1 amide bonds. The van der Waals surface area contributed by atoms with Crippen LogP contribution in [0.4, 0.5) is 5.69 Å². The Morgan fingerprint density at radius 3 is 2.72 bits per heavy atom. The molecular weight excluding hydrogens is 387 g/mol. The number of benzene rings is 2. The summed E-state index contributed by atoms with van der Waals surface area (Å²) in [6, 6.07) is 9.69. The Hall–Kier alpha value is -2.39. The number of nitrogens with zero attached hydrogens (tertiary/aromatic N) is 1. The molecule has 8 heteroatoms. The van der Waals surface area contributed by atoms with Crippen LogP contribution in [0, 0.1) is 11.3 Å². The molecular formula is C17H9Cl3N2O3. The molecule has 25 heavy (non-hydrogen) atoms. The maximum Gasteiger partial charge on any atom is 0.266 e. The lowest BCUT2D eigenvalue weighted by molar-refractivity contribution is -0.112. The van der Waals surface area contributed by atoms with Gasteiger partial charge in [-0.25, -0.2) is 0 Å². The summed E-state index contributed by atoms with van der Waals surface area (Å²) < 4.78 is 10.5. The molecule has 0 aromatic heterocycles. The number of anilines is 1. The van der Waals surface area contributed by atoms with Crippen LogP contribution in [-0.4, -0.2) is 12.7 Å². The first-order valence-electron chi connectivity index (χ1n) is 6.95. The standard InChI is InChI=1S/C17H9Cl3N2O3/c18-11-1-2-12(19)14(6-11)22-17(23)10(7-21)3-9-4-13(20)16-15(5-9)24-8-25-16/h1-6H,8H2,(H,22,23)/b10-3+. The van der Waals surface area contributed by atoms with Gasteiger partial charge in [-0.05, 0) is 42.0 Å². The Kier molecular flexibility index (Phi) is 5.05. The highest BCUT2D eigenvalue weighted by Crippen LogP contribution is 2.40. The van der Waals surface area contributed by atoms with Gasteiger partial charge in [-0.15, -0.1) is 0 Å². The number of rotatable bonds is 3. The number of ether oxygens (including phenoxy) is 2. The largest absolute Gasteiger partial charge is 0.454 e. The van der Waals surface area contributed by atoms with Gasteiger partial charge >= 0.3 is 0 Å². The van der Waals surface area contributed by atoms with Crippen molar-refractivity contribution in [2.75, 3.05) is 12.1 Å². The molecule has 1 heterocycles. The lowest BCUT2D eigenvalue weighted by Crippen LogP contribution is -2.13. The van der Waals surface area contributed by atoms with Crippen molar-refractivity contribution in [2.45, 2.75) is 0 Å². The van der Waals surface area contributed by atoms with Crippen LogP contribution in [0.5, 0.6) is 11.5 Å². The molecule has 0 saturated carbocycles. The average molecular weight is 396 g/mol. The van der Waals surface area contributed by atoms with Crippen LogP contribution >= 0.6 is 34.8 Å². The van der Waals surface area contributed by atoms with Gasteiger partial charge in [0.25, 0.3) is 5.91 Å². The zero-order chi connectivity index (χ0) is 18.0. The second kappa shape index (κ2) is 7.24. The number of amides is 1. The highest BCUT2D eigenvalue weighted by Gasteiger charge is 2.19. The fourth-order valence-corrected chi connectivity index (χ4v) is 2.78. The summed E-state index contributed by atoms with van der Waals surface area (Å²) in [4.78, 5) is 12.3. The van der Waals surface area contributed by atoms with Crippen LogP contribution in [0.15, 0.2) is 35.9 Å². The van der Waals surface area contributed by atoms with Crippen molar-refractivity contribution in [3.8, 4) is 17.6 Å². The van der Waals surface area contributed by atoms with Gasteiger partial charge < -0.3 is 14.8 Å². The number of fused-ring (bicyclic) bond motifs is 1. The van der Waals surface area contributed by atoms with E-state index in [9.17, 15) is 10.1 Å². The van der Waals surface area contributed by atoms with Crippen molar-refractivity contribution in [3.63, 3.8) is 0 Å². The number of hydrogen-bond donors (Lipinski definition) is 1. The summed E-state index contributed by atoms with van der Waals surface area (Å²) >= 11 is 18.0. The van der Waals surface area contributed by atoms with Crippen LogP contribution in [0.25, 0.3) is 6.08 Å². The fraction of sp³-hybridized carbons (Fsp3) is 0.0588. The van der Waals surface area contributed by atoms with E-state index in [2.05, 4.69) is 5.32 Å². The Morgan fingerprint density at radius 2 is 1.96 bits per heavy atom. The highest BCUT2D eigenvalue weighted by atomic mass is 35.5. The summed E-state index contributed by atoms with van der Waals surface area (Å²) in [7, 11) is 0. The zero-order valence-electron chi connectivity index (χ0n) is 12.5. The van der Waals surface area contributed by atoms with Crippen LogP contribution < -0.4 is 14.8 Å². The van der Waals surface area contributed by atoms with Crippen molar-refractivity contribution in [3.05, 3.63) is 56.5 Å². The van der Waals surface area contributed by atoms with E-state index < -0.39 is 5.91 Å². The van der Waals surface area contributed by atoms with Crippen molar-refractivity contribution in [1.82, 2.24) is 0 Å². The number of carbonyl (C=O) groups excluding carboxylic acids is 1. The first kappa shape index (κ1) is 17.4. The normalized spacial score (nSPS) is 12.6. The molecule has 0 saturated heterocycles. The first-order valence-corrected chi connectivity index (χ1v) is 8.08. The average Bonchev–Trinajstić information content (AvgIpc) is 3.05. The van der Waals surface area contributed by atoms with Crippen LogP contribution in [0.3, 0.4) is 0 Å². The van der Waals surface area contributed by atoms with Crippen LogP contribution in [0.1, 0.15) is 5.56 Å². The third kappa shape index (κ3) is 3.83. The topological polar surface area (TPSA) is 71.3 Å². The minimum atomic E-state index is -0.625. The molecule has 2 aromatic rings. The van der Waals surface area contributed by atoms with E-state index in [1.807, 2.05) is 6.07 Å². The number of hydrogen-bond acceptors (Lipinski definition) is 4. The molecule has 3 rings (SSSR count). The molecule has 1 aliphatic heterocycles. The molecule has 0 spiro atoms. The van der Waals surface area contributed by atoms with E-state index in [0.29, 0.717) is 37.8 Å². The van der Waals surface area contributed by atoms with Gasteiger partial charge in [-0.1, -0.05) is 34.8 Å². The summed E-state index contributed by atoms with van der Waals surface area (Å²) in [6.07, 6.45) is 1.39. The van der Waals surface area contributed by atoms with Crippen molar-refractivity contribution >= 4 is 52.5 Å². The summed E-state index contributed by atoms with van der Waals surface area (Å²) in [6.45, 7) is 0.0705. The Labute approximate surface area is 158 Å². The van der Waals surface area contributed by atoms with Gasteiger partial charge in [-0.2, -0.15) is 5.26 Å². The second-order valence-corrected chi connectivity index (χ2v) is 6.24. The highest BCUT2D eigenvalue weighted by molar-refractivity contribution is 6.36. The number of carbonyl (C=O) groups is 1. The smallest absolute Gasteiger partial charge is 0.266 e. The fourth-order valence-electron chi connectivity index (χ4n) is 2.17. The third-order valence-electron chi connectivity index (χ3n) is 3.30. The van der Waals surface area contributed by atoms with Gasteiger partial charge in [-0.3, -0.25) is 4.79 Å². The predicted molar refractivity (Wildman–Crippen MR) is 96.3 cm³/mol. The van der Waals surface area contributed by atoms with Crippen LogP contribution in [-0.2, 0) is 4.79 Å². The van der Waals surface area contributed by atoms with Gasteiger partial charge in [0.15, 0.2) is 11.5 Å². The summed E-state index contributed by atoms with van der Waals surface area (Å²) in [5.74, 6) is 0.266. The lowest BCUT2D eigenvalue weighted by atomic mass is 10.1. The molecule has 1 N–H and O–H groups in total. The summed E-state index contributed by atoms with van der Waals surface area (Å²) in [5, 5.41) is 12.9. The monoisotopic (exact) mass is 394 g/mol. The molecule has 0 atom stereocenters. The number of nitrogens with one attached hydrogen (secondary N) is 1. The third-order valence-corrected chi connectivity index (χ3v) is 4.15. The molecule has 126 valence electrons. The van der Waals surface area contributed by atoms with Gasteiger partial charge in [0.2, 0.25) is 6.79 Å². The minimum Gasteiger partial charge on any atom is -0.454 e. The molecule has 0 radical (unpaired) electrons. The molecule has 2 aromatic carbocycles. The lowest BCUT2D eigenvalue weighted by Gasteiger charge is -2.07. The number of halogens is 3. The molecule has 0 aliphatic carbocycles. The van der Waals surface area contributed by atoms with Crippen molar-refractivity contribution in [1.29, 1.82) is 5.26 Å². The van der Waals surface area contributed by atoms with E-state index in [1.165, 1.54) is 12.1 Å². The summed E-state index contributed by atoms with van der Waals surface area (Å²) in [5.41, 5.74) is 0.702. The maximum atomic E-state index is 12.3. The van der Waals surface area contributed by atoms with Gasteiger partial charge in [0.05, 0.1) is 15.7 Å². The van der Waals surface area contributed by atoms with E-state index in [4.69, 9.17) is 44.3 Å². The Morgan fingerprint density at radius 1 is 1.16 bits per heavy atom. The van der Waals surface area contributed by atoms with Crippen molar-refractivity contribution in [2.24, 2.45) is 0 Å². The molecule has 0 fully saturated rings. The Bertz CT molecular complexity index is 935. The van der Waals surface area contributed by atoms with Gasteiger partial charge in [0.1, 0.15) is 11.6 Å². The zero-order valence-corrected chi connectivity index (χ0v) is 14.7. The van der Waals surface area contributed by atoms with E-state index >= 15 is 0 Å². The molecule has 0 unspecified atom stereocenters. The van der Waals surface area contributed by atoms with E-state index in [0.717, 1.165) is 0 Å². The van der Waals surface area contributed by atoms with Gasteiger partial charge in [0, 0.05) is 5.02 Å². The predicted octanol–water partition coefficient (Wildman–Crippen LogP) is 4.92. The van der Waals surface area contributed by atoms with Crippen molar-refractivity contribution < 1.29 is 14.3 Å². The SMILES string of the molecule is N#C/C(=C\c1cc(Cl)c2c(c1)OCO2)C(=O)Nc1cc(Cl)ccc1Cl. The quantitative estimate of drug-likeness (QED) is 0.591. The van der Waals surface area contributed by atoms with E-state index in [-0.39, 0.29) is 12.4 Å². The number of nitriles is 1. The first-order chi connectivity index (χ1) is 12.0. The minimum absolute atomic E-state index is 0.0705.